The van der Waals surface area contributed by atoms with Crippen LogP contribution >= 0.6 is 0 Å². The van der Waals surface area contributed by atoms with E-state index >= 15 is 0 Å². The van der Waals surface area contributed by atoms with Gasteiger partial charge in [0.2, 0.25) is 0 Å². The molecule has 2 unspecified atom stereocenters. The van der Waals surface area contributed by atoms with Crippen molar-refractivity contribution in [1.82, 2.24) is 10.6 Å². The van der Waals surface area contributed by atoms with Crippen LogP contribution in [0.15, 0.2) is 34.9 Å². The molecule has 1 aromatic heterocycles. The van der Waals surface area contributed by atoms with E-state index in [0.29, 0.717) is 26.4 Å². The Hall–Kier alpha value is -2.05. The SMILES string of the molecule is CCOC1COCCC1NC(=O)NCc1cccc2occc12. The van der Waals surface area contributed by atoms with Crippen molar-refractivity contribution in [2.75, 3.05) is 19.8 Å². The van der Waals surface area contributed by atoms with E-state index in [1.807, 2.05) is 31.2 Å². The highest BCUT2D eigenvalue weighted by atomic mass is 16.5. The average molecular weight is 318 g/mol. The van der Waals surface area contributed by atoms with Crippen LogP contribution in [0, 0.1) is 0 Å². The van der Waals surface area contributed by atoms with E-state index in [1.54, 1.807) is 6.26 Å². The lowest BCUT2D eigenvalue weighted by atomic mass is 10.1. The molecule has 1 aliphatic heterocycles. The Balaban J connectivity index is 1.56. The maximum atomic E-state index is 12.2. The number of nitrogens with one attached hydrogen (secondary N) is 2. The number of rotatable bonds is 5. The van der Waals surface area contributed by atoms with Gasteiger partial charge in [0.05, 0.1) is 18.9 Å². The van der Waals surface area contributed by atoms with Crippen LogP contribution in [-0.2, 0) is 16.0 Å². The molecule has 1 fully saturated rings. The van der Waals surface area contributed by atoms with E-state index in [0.717, 1.165) is 23.0 Å². The highest BCUT2D eigenvalue weighted by molar-refractivity contribution is 5.81. The van der Waals surface area contributed by atoms with E-state index in [4.69, 9.17) is 13.9 Å². The molecule has 1 aliphatic rings. The van der Waals surface area contributed by atoms with Crippen LogP contribution in [0.1, 0.15) is 18.9 Å². The van der Waals surface area contributed by atoms with Gasteiger partial charge >= 0.3 is 6.03 Å². The minimum absolute atomic E-state index is 0.0200. The molecule has 1 aromatic carbocycles. The maximum Gasteiger partial charge on any atom is 0.315 e. The van der Waals surface area contributed by atoms with Gasteiger partial charge in [0.1, 0.15) is 11.7 Å². The molecular formula is C17H22N2O4. The number of urea groups is 1. The van der Waals surface area contributed by atoms with Crippen LogP contribution in [0.4, 0.5) is 4.79 Å². The van der Waals surface area contributed by atoms with E-state index in [-0.39, 0.29) is 18.2 Å². The molecular weight excluding hydrogens is 296 g/mol. The molecule has 6 nitrogen and oxygen atoms in total. The van der Waals surface area contributed by atoms with E-state index in [2.05, 4.69) is 10.6 Å². The molecule has 2 amide bonds. The fourth-order valence-corrected chi connectivity index (χ4v) is 2.86. The number of hydrogen-bond acceptors (Lipinski definition) is 4. The van der Waals surface area contributed by atoms with Gasteiger partial charge in [-0.15, -0.1) is 0 Å². The summed E-state index contributed by atoms with van der Waals surface area (Å²) in [6, 6.07) is 7.51. The van der Waals surface area contributed by atoms with Crippen molar-refractivity contribution in [1.29, 1.82) is 0 Å². The molecule has 124 valence electrons. The number of ether oxygens (including phenoxy) is 2. The normalized spacial score (nSPS) is 21.3. The number of furan rings is 1. The quantitative estimate of drug-likeness (QED) is 0.888. The number of hydrogen-bond donors (Lipinski definition) is 2. The van der Waals surface area contributed by atoms with E-state index < -0.39 is 0 Å². The number of carbonyl (C=O) groups excluding carboxylic acids is 1. The smallest absolute Gasteiger partial charge is 0.315 e. The van der Waals surface area contributed by atoms with Crippen LogP contribution in [0.2, 0.25) is 0 Å². The van der Waals surface area contributed by atoms with Crippen LogP contribution < -0.4 is 10.6 Å². The molecule has 0 spiro atoms. The Morgan fingerprint density at radius 2 is 2.30 bits per heavy atom. The zero-order valence-electron chi connectivity index (χ0n) is 13.2. The van der Waals surface area contributed by atoms with Gasteiger partial charge in [0, 0.05) is 25.1 Å². The average Bonchev–Trinajstić information content (AvgIpc) is 3.04. The summed E-state index contributed by atoms with van der Waals surface area (Å²) in [6.45, 7) is 4.16. The predicted molar refractivity (Wildman–Crippen MR) is 86.2 cm³/mol. The summed E-state index contributed by atoms with van der Waals surface area (Å²) >= 11 is 0. The third kappa shape index (κ3) is 3.83. The lowest BCUT2D eigenvalue weighted by molar-refractivity contribution is -0.0625. The summed E-state index contributed by atoms with van der Waals surface area (Å²) < 4.78 is 16.4. The summed E-state index contributed by atoms with van der Waals surface area (Å²) in [5, 5.41) is 6.91. The Kier molecular flexibility index (Phi) is 5.15. The van der Waals surface area contributed by atoms with Crippen molar-refractivity contribution >= 4 is 17.0 Å². The molecule has 2 N–H and O–H groups in total. The molecule has 23 heavy (non-hydrogen) atoms. The largest absolute Gasteiger partial charge is 0.464 e. The molecule has 2 heterocycles. The van der Waals surface area contributed by atoms with Gasteiger partial charge in [-0.05, 0) is 31.0 Å². The number of amides is 2. The highest BCUT2D eigenvalue weighted by Gasteiger charge is 2.27. The monoisotopic (exact) mass is 318 g/mol. The van der Waals surface area contributed by atoms with Gasteiger partial charge < -0.3 is 24.5 Å². The van der Waals surface area contributed by atoms with Crippen molar-refractivity contribution in [3.8, 4) is 0 Å². The molecule has 0 bridgehead atoms. The van der Waals surface area contributed by atoms with E-state index in [9.17, 15) is 4.79 Å². The summed E-state index contributed by atoms with van der Waals surface area (Å²) in [5.41, 5.74) is 1.85. The fourth-order valence-electron chi connectivity index (χ4n) is 2.86. The first-order valence-corrected chi connectivity index (χ1v) is 7.96. The molecule has 1 saturated heterocycles. The van der Waals surface area contributed by atoms with Gasteiger partial charge in [0.25, 0.3) is 0 Å². The Bertz CT molecular complexity index is 653. The topological polar surface area (TPSA) is 72.7 Å². The number of fused-ring (bicyclic) bond motifs is 1. The first-order chi connectivity index (χ1) is 11.3. The fraction of sp³-hybridized carbons (Fsp3) is 0.471. The predicted octanol–water partition coefficient (Wildman–Crippen LogP) is 2.43. The van der Waals surface area contributed by atoms with Crippen LogP contribution in [0.3, 0.4) is 0 Å². The lowest BCUT2D eigenvalue weighted by Crippen LogP contribution is -2.52. The first-order valence-electron chi connectivity index (χ1n) is 7.96. The van der Waals surface area contributed by atoms with Crippen LogP contribution in [0.25, 0.3) is 11.0 Å². The molecule has 3 rings (SSSR count). The summed E-state index contributed by atoms with van der Waals surface area (Å²) in [7, 11) is 0. The zero-order chi connectivity index (χ0) is 16.1. The molecule has 0 aliphatic carbocycles. The van der Waals surface area contributed by atoms with Crippen LogP contribution in [0.5, 0.6) is 0 Å². The van der Waals surface area contributed by atoms with Gasteiger partial charge in [-0.3, -0.25) is 0 Å². The minimum Gasteiger partial charge on any atom is -0.464 e. The second-order valence-electron chi connectivity index (χ2n) is 5.54. The standard InChI is InChI=1S/C17H22N2O4/c1-2-22-16-11-21-8-7-14(16)19-17(20)18-10-12-4-3-5-15-13(12)6-9-23-15/h3-6,9,14,16H,2,7-8,10-11H2,1H3,(H2,18,19,20). The van der Waals surface area contributed by atoms with Gasteiger partial charge in [-0.2, -0.15) is 0 Å². The third-order valence-electron chi connectivity index (χ3n) is 4.03. The van der Waals surface area contributed by atoms with Crippen LogP contribution in [-0.4, -0.2) is 38.0 Å². The van der Waals surface area contributed by atoms with E-state index in [1.165, 1.54) is 0 Å². The molecule has 0 radical (unpaired) electrons. The second kappa shape index (κ2) is 7.48. The van der Waals surface area contributed by atoms with Crippen molar-refractivity contribution in [2.45, 2.75) is 32.0 Å². The lowest BCUT2D eigenvalue weighted by Gasteiger charge is -2.31. The van der Waals surface area contributed by atoms with Gasteiger partial charge in [-0.1, -0.05) is 12.1 Å². The van der Waals surface area contributed by atoms with Crippen molar-refractivity contribution < 1.29 is 18.7 Å². The highest BCUT2D eigenvalue weighted by Crippen LogP contribution is 2.19. The molecule has 6 heteroatoms. The molecule has 2 atom stereocenters. The number of carbonyl (C=O) groups is 1. The maximum absolute atomic E-state index is 12.2. The first kappa shape index (κ1) is 15.8. The Morgan fingerprint density at radius 3 is 3.17 bits per heavy atom. The molecule has 0 saturated carbocycles. The van der Waals surface area contributed by atoms with Gasteiger partial charge in [0.15, 0.2) is 0 Å². The minimum atomic E-state index is -0.192. The summed E-state index contributed by atoms with van der Waals surface area (Å²) in [4.78, 5) is 12.2. The van der Waals surface area contributed by atoms with Crippen molar-refractivity contribution in [3.63, 3.8) is 0 Å². The van der Waals surface area contributed by atoms with Gasteiger partial charge in [-0.25, -0.2) is 4.79 Å². The molecule has 2 aromatic rings. The van der Waals surface area contributed by atoms with Crippen molar-refractivity contribution in [3.05, 3.63) is 36.1 Å². The second-order valence-corrected chi connectivity index (χ2v) is 5.54. The van der Waals surface area contributed by atoms with Crippen molar-refractivity contribution in [2.24, 2.45) is 0 Å². The zero-order valence-corrected chi connectivity index (χ0v) is 13.2. The summed E-state index contributed by atoms with van der Waals surface area (Å²) in [5.74, 6) is 0. The summed E-state index contributed by atoms with van der Waals surface area (Å²) in [6.07, 6.45) is 2.33. The Labute approximate surface area is 135 Å². The Morgan fingerprint density at radius 1 is 1.39 bits per heavy atom. The third-order valence-corrected chi connectivity index (χ3v) is 4.03. The number of benzene rings is 1.